The van der Waals surface area contributed by atoms with Gasteiger partial charge in [0.05, 0.1) is 19.3 Å². The van der Waals surface area contributed by atoms with Crippen molar-refractivity contribution >= 4 is 11.8 Å². The first-order chi connectivity index (χ1) is 14.7. The highest BCUT2D eigenvalue weighted by Gasteiger charge is 2.28. The second-order valence-corrected chi connectivity index (χ2v) is 6.77. The molecule has 0 unspecified atom stereocenters. The summed E-state index contributed by atoms with van der Waals surface area (Å²) in [5, 5.41) is 2.64. The lowest BCUT2D eigenvalue weighted by Crippen LogP contribution is -2.26. The molecule has 0 saturated heterocycles. The number of ether oxygens (including phenoxy) is 2. The van der Waals surface area contributed by atoms with Crippen molar-refractivity contribution in [3.63, 3.8) is 0 Å². The van der Waals surface area contributed by atoms with Gasteiger partial charge in [-0.3, -0.25) is 0 Å². The predicted molar refractivity (Wildman–Crippen MR) is 115 cm³/mol. The molecule has 3 aromatic rings. The average molecular weight is 399 g/mol. The summed E-state index contributed by atoms with van der Waals surface area (Å²) in [6.45, 7) is 0.382. The minimum Gasteiger partial charge on any atom is -0.481 e. The number of rotatable bonds is 4. The van der Waals surface area contributed by atoms with Crippen molar-refractivity contribution < 1.29 is 14.3 Å². The van der Waals surface area contributed by atoms with Crippen LogP contribution in [0.2, 0.25) is 0 Å². The second kappa shape index (κ2) is 8.58. The molecule has 0 saturated carbocycles. The van der Waals surface area contributed by atoms with Crippen LogP contribution in [0.25, 0.3) is 11.1 Å². The molecule has 0 fully saturated rings. The summed E-state index contributed by atoms with van der Waals surface area (Å²) in [5.41, 5.74) is 11.4. The number of carbonyl (C=O) groups excluding carboxylic acids is 1. The first-order valence-electron chi connectivity index (χ1n) is 9.55. The maximum absolute atomic E-state index is 12.1. The molecule has 0 aliphatic heterocycles. The molecule has 1 heterocycles. The van der Waals surface area contributed by atoms with Crippen LogP contribution < -0.4 is 15.8 Å². The minimum absolute atomic E-state index is 0.0232. The number of nitrogens with two attached hydrogens (primary N) is 1. The van der Waals surface area contributed by atoms with Crippen LogP contribution >= 0.6 is 0 Å². The van der Waals surface area contributed by atoms with E-state index in [0.29, 0.717) is 17.3 Å². The Morgan fingerprint density at radius 1 is 1.07 bits per heavy atom. The Labute approximate surface area is 175 Å². The number of alkyl carbamates (subject to hydrolysis) is 1. The zero-order valence-electron chi connectivity index (χ0n) is 16.5. The van der Waals surface area contributed by atoms with E-state index in [-0.39, 0.29) is 19.1 Å². The molecule has 2 aromatic carbocycles. The van der Waals surface area contributed by atoms with Gasteiger partial charge in [-0.15, -0.1) is 0 Å². The van der Waals surface area contributed by atoms with Crippen LogP contribution in [0, 0.1) is 11.8 Å². The van der Waals surface area contributed by atoms with Gasteiger partial charge in [-0.2, -0.15) is 0 Å². The third-order valence-electron chi connectivity index (χ3n) is 4.98. The van der Waals surface area contributed by atoms with Gasteiger partial charge in [-0.1, -0.05) is 54.5 Å². The first kappa shape index (κ1) is 19.3. The molecule has 0 atom stereocenters. The van der Waals surface area contributed by atoms with Gasteiger partial charge in [0.15, 0.2) is 0 Å². The maximum Gasteiger partial charge on any atom is 0.407 e. The number of nitrogens with one attached hydrogen (secondary N) is 1. The van der Waals surface area contributed by atoms with Gasteiger partial charge in [0.25, 0.3) is 0 Å². The number of benzene rings is 2. The SMILES string of the molecule is COc1ccc(N)c(C#CCNC(=O)OCC2c3ccccc3-c3ccccc32)n1. The zero-order chi connectivity index (χ0) is 20.9. The Kier molecular flexibility index (Phi) is 5.53. The summed E-state index contributed by atoms with van der Waals surface area (Å²) in [6, 6.07) is 19.8. The van der Waals surface area contributed by atoms with Gasteiger partial charge in [0, 0.05) is 12.0 Å². The van der Waals surface area contributed by atoms with Gasteiger partial charge in [0.2, 0.25) is 5.88 Å². The molecule has 6 nitrogen and oxygen atoms in total. The topological polar surface area (TPSA) is 86.5 Å². The summed E-state index contributed by atoms with van der Waals surface area (Å²) < 4.78 is 10.5. The quantitative estimate of drug-likeness (QED) is 0.655. The molecule has 4 rings (SSSR count). The number of nitrogen functional groups attached to an aromatic ring is 1. The molecule has 0 radical (unpaired) electrons. The zero-order valence-corrected chi connectivity index (χ0v) is 16.5. The second-order valence-electron chi connectivity index (χ2n) is 6.77. The van der Waals surface area contributed by atoms with E-state index in [9.17, 15) is 4.79 Å². The van der Waals surface area contributed by atoms with Gasteiger partial charge in [0.1, 0.15) is 12.3 Å². The average Bonchev–Trinajstić information content (AvgIpc) is 3.10. The number of hydrogen-bond acceptors (Lipinski definition) is 5. The third kappa shape index (κ3) is 3.91. The van der Waals surface area contributed by atoms with Crippen molar-refractivity contribution in [3.8, 4) is 28.8 Å². The number of carbonyl (C=O) groups is 1. The smallest absolute Gasteiger partial charge is 0.407 e. The Hall–Kier alpha value is -3.98. The van der Waals surface area contributed by atoms with Crippen molar-refractivity contribution in [2.45, 2.75) is 5.92 Å². The fourth-order valence-electron chi connectivity index (χ4n) is 3.56. The summed E-state index contributed by atoms with van der Waals surface area (Å²) in [7, 11) is 1.52. The Balaban J connectivity index is 1.35. The predicted octanol–water partition coefficient (Wildman–Crippen LogP) is 3.56. The number of hydrogen-bond donors (Lipinski definition) is 2. The number of amides is 1. The highest BCUT2D eigenvalue weighted by atomic mass is 16.5. The van der Waals surface area contributed by atoms with Gasteiger partial charge in [-0.25, -0.2) is 9.78 Å². The lowest BCUT2D eigenvalue weighted by atomic mass is 9.98. The molecule has 0 spiro atoms. The summed E-state index contributed by atoms with van der Waals surface area (Å²) in [4.78, 5) is 16.3. The maximum atomic E-state index is 12.1. The Morgan fingerprint density at radius 3 is 2.40 bits per heavy atom. The molecule has 30 heavy (non-hydrogen) atoms. The number of anilines is 1. The van der Waals surface area contributed by atoms with Crippen LogP contribution in [-0.4, -0.2) is 31.3 Å². The van der Waals surface area contributed by atoms with Crippen LogP contribution in [0.1, 0.15) is 22.7 Å². The van der Waals surface area contributed by atoms with Crippen molar-refractivity contribution in [2.24, 2.45) is 0 Å². The molecule has 1 aromatic heterocycles. The van der Waals surface area contributed by atoms with E-state index in [1.54, 1.807) is 12.1 Å². The largest absolute Gasteiger partial charge is 0.481 e. The van der Waals surface area contributed by atoms with Crippen molar-refractivity contribution in [3.05, 3.63) is 77.5 Å². The van der Waals surface area contributed by atoms with Crippen LogP contribution in [0.4, 0.5) is 10.5 Å². The van der Waals surface area contributed by atoms with E-state index in [0.717, 1.165) is 0 Å². The molecule has 1 amide bonds. The van der Waals surface area contributed by atoms with Crippen LogP contribution in [-0.2, 0) is 4.74 Å². The summed E-state index contributed by atoms with van der Waals surface area (Å²) in [6.07, 6.45) is -0.516. The lowest BCUT2D eigenvalue weighted by Gasteiger charge is -2.14. The fourth-order valence-corrected chi connectivity index (χ4v) is 3.56. The van der Waals surface area contributed by atoms with E-state index in [1.165, 1.54) is 29.4 Å². The lowest BCUT2D eigenvalue weighted by molar-refractivity contribution is 0.144. The first-order valence-corrected chi connectivity index (χ1v) is 9.55. The monoisotopic (exact) mass is 399 g/mol. The fraction of sp³-hybridized carbons (Fsp3) is 0.167. The summed E-state index contributed by atoms with van der Waals surface area (Å²) >= 11 is 0. The number of pyridine rings is 1. The molecule has 1 aliphatic carbocycles. The van der Waals surface area contributed by atoms with E-state index in [4.69, 9.17) is 15.2 Å². The standard InChI is InChI=1S/C24H21N3O3/c1-29-23-13-12-21(25)22(27-23)11-6-14-26-24(28)30-15-20-18-9-4-2-7-16(18)17-8-3-5-10-19(17)20/h2-5,7-10,12-13,20H,14-15,25H2,1H3,(H,26,28). The number of nitrogens with zero attached hydrogens (tertiary/aromatic N) is 1. The van der Waals surface area contributed by atoms with E-state index in [2.05, 4.69) is 46.4 Å². The number of aromatic nitrogens is 1. The molecule has 6 heteroatoms. The highest BCUT2D eigenvalue weighted by molar-refractivity contribution is 5.79. The van der Waals surface area contributed by atoms with Crippen LogP contribution in [0.5, 0.6) is 5.88 Å². The van der Waals surface area contributed by atoms with Crippen molar-refractivity contribution in [1.82, 2.24) is 10.3 Å². The van der Waals surface area contributed by atoms with Crippen molar-refractivity contribution in [2.75, 3.05) is 26.0 Å². The molecular formula is C24H21N3O3. The van der Waals surface area contributed by atoms with E-state index in [1.807, 2.05) is 24.3 Å². The van der Waals surface area contributed by atoms with E-state index < -0.39 is 6.09 Å². The molecule has 150 valence electrons. The van der Waals surface area contributed by atoms with E-state index >= 15 is 0 Å². The van der Waals surface area contributed by atoms with Crippen LogP contribution in [0.3, 0.4) is 0 Å². The Morgan fingerprint density at radius 2 is 1.73 bits per heavy atom. The van der Waals surface area contributed by atoms with Crippen LogP contribution in [0.15, 0.2) is 60.7 Å². The molecule has 1 aliphatic rings. The van der Waals surface area contributed by atoms with Gasteiger partial charge < -0.3 is 20.5 Å². The Bertz CT molecular complexity index is 1100. The molecule has 3 N–H and O–H groups in total. The normalized spacial score (nSPS) is 11.6. The van der Waals surface area contributed by atoms with Gasteiger partial charge in [-0.05, 0) is 34.2 Å². The van der Waals surface area contributed by atoms with Crippen molar-refractivity contribution in [1.29, 1.82) is 0 Å². The number of fused-ring (bicyclic) bond motifs is 3. The molecule has 0 bridgehead atoms. The van der Waals surface area contributed by atoms with Gasteiger partial charge >= 0.3 is 6.09 Å². The molecular weight excluding hydrogens is 378 g/mol. The number of methoxy groups -OCH3 is 1. The highest BCUT2D eigenvalue weighted by Crippen LogP contribution is 2.44. The minimum atomic E-state index is -0.516. The summed E-state index contributed by atoms with van der Waals surface area (Å²) in [5.74, 6) is 6.11. The third-order valence-corrected chi connectivity index (χ3v) is 4.98.